The van der Waals surface area contributed by atoms with E-state index in [0.29, 0.717) is 18.2 Å². The van der Waals surface area contributed by atoms with E-state index >= 15 is 0 Å². The summed E-state index contributed by atoms with van der Waals surface area (Å²) in [6.45, 7) is 0.838. The predicted octanol–water partition coefficient (Wildman–Crippen LogP) is 4.90. The molecule has 0 aliphatic heterocycles. The van der Waals surface area contributed by atoms with Gasteiger partial charge in [0, 0.05) is 27.2 Å². The molecule has 2 aromatic carbocycles. The van der Waals surface area contributed by atoms with Crippen molar-refractivity contribution in [3.05, 3.63) is 61.5 Å². The third-order valence-corrected chi connectivity index (χ3v) is 4.13. The van der Waals surface area contributed by atoms with Gasteiger partial charge in [0.1, 0.15) is 12.4 Å². The number of ether oxygens (including phenoxy) is 1. The number of rotatable bonds is 4. The van der Waals surface area contributed by atoms with E-state index in [2.05, 4.69) is 31.9 Å². The van der Waals surface area contributed by atoms with Gasteiger partial charge >= 0.3 is 0 Å². The highest BCUT2D eigenvalue weighted by Gasteiger charge is 2.08. The van der Waals surface area contributed by atoms with Gasteiger partial charge in [0.25, 0.3) is 0 Å². The Hall–Kier alpha value is -0.550. The van der Waals surface area contributed by atoms with E-state index in [1.807, 2.05) is 36.4 Å². The van der Waals surface area contributed by atoms with Crippen LogP contribution in [0.2, 0.25) is 5.02 Å². The molecular weight excluding hydrogens is 393 g/mol. The molecule has 2 nitrogen and oxygen atoms in total. The monoisotopic (exact) mass is 403 g/mol. The van der Waals surface area contributed by atoms with Crippen molar-refractivity contribution in [2.75, 3.05) is 0 Å². The van der Waals surface area contributed by atoms with Crippen LogP contribution in [0.3, 0.4) is 0 Å². The van der Waals surface area contributed by atoms with E-state index in [9.17, 15) is 0 Å². The molecule has 0 heterocycles. The molecule has 0 amide bonds. The van der Waals surface area contributed by atoms with Crippen LogP contribution in [0.4, 0.5) is 0 Å². The van der Waals surface area contributed by atoms with E-state index in [-0.39, 0.29) is 0 Å². The highest BCUT2D eigenvalue weighted by Crippen LogP contribution is 2.30. The summed E-state index contributed by atoms with van der Waals surface area (Å²) in [6, 6.07) is 11.5. The molecule has 2 rings (SSSR count). The first-order chi connectivity index (χ1) is 9.11. The molecule has 0 bridgehead atoms. The molecule has 100 valence electrons. The van der Waals surface area contributed by atoms with Crippen LogP contribution < -0.4 is 10.5 Å². The van der Waals surface area contributed by atoms with Gasteiger partial charge in [-0.3, -0.25) is 0 Å². The summed E-state index contributed by atoms with van der Waals surface area (Å²) in [5.41, 5.74) is 7.60. The number of benzene rings is 2. The zero-order valence-corrected chi connectivity index (χ0v) is 13.9. The maximum Gasteiger partial charge on any atom is 0.138 e. The lowest BCUT2D eigenvalue weighted by Crippen LogP contribution is -2.03. The van der Waals surface area contributed by atoms with Crippen molar-refractivity contribution in [2.45, 2.75) is 13.2 Å². The molecule has 0 unspecified atom stereocenters. The molecule has 0 atom stereocenters. The predicted molar refractivity (Wildman–Crippen MR) is 85.5 cm³/mol. The molecule has 2 aromatic rings. The van der Waals surface area contributed by atoms with Crippen molar-refractivity contribution in [1.82, 2.24) is 0 Å². The quantitative estimate of drug-likeness (QED) is 0.785. The first kappa shape index (κ1) is 14.9. The number of halogens is 3. The minimum absolute atomic E-state index is 0.404. The van der Waals surface area contributed by atoms with Crippen molar-refractivity contribution in [2.24, 2.45) is 5.73 Å². The van der Waals surface area contributed by atoms with Crippen molar-refractivity contribution >= 4 is 43.5 Å². The van der Waals surface area contributed by atoms with Crippen LogP contribution in [0.15, 0.2) is 45.3 Å². The normalized spacial score (nSPS) is 10.5. The van der Waals surface area contributed by atoms with Crippen molar-refractivity contribution in [3.63, 3.8) is 0 Å². The number of para-hydroxylation sites is 1. The Morgan fingerprint density at radius 3 is 2.58 bits per heavy atom. The largest absolute Gasteiger partial charge is 0.487 e. The number of hydrogen-bond donors (Lipinski definition) is 1. The fourth-order valence-corrected chi connectivity index (χ4v) is 2.91. The summed E-state index contributed by atoms with van der Waals surface area (Å²) in [6.07, 6.45) is 0. The van der Waals surface area contributed by atoms with E-state index in [1.54, 1.807) is 0 Å². The van der Waals surface area contributed by atoms with E-state index < -0.39 is 0 Å². The third-order valence-electron chi connectivity index (χ3n) is 2.66. The lowest BCUT2D eigenvalue weighted by atomic mass is 10.2. The number of nitrogens with two attached hydrogens (primary N) is 1. The molecule has 19 heavy (non-hydrogen) atoms. The molecule has 0 fully saturated rings. The maximum absolute atomic E-state index is 6.16. The Bertz CT molecular complexity index is 590. The minimum atomic E-state index is 0.404. The Kier molecular flexibility index (Phi) is 5.28. The SMILES string of the molecule is NCc1cccc(Br)c1OCc1ccc(Br)cc1Cl. The molecule has 0 aliphatic rings. The van der Waals surface area contributed by atoms with Gasteiger partial charge in [-0.05, 0) is 34.1 Å². The summed E-state index contributed by atoms with van der Waals surface area (Å²) >= 11 is 13.0. The van der Waals surface area contributed by atoms with Crippen LogP contribution in [-0.2, 0) is 13.2 Å². The van der Waals surface area contributed by atoms with Gasteiger partial charge in [-0.2, -0.15) is 0 Å². The highest BCUT2D eigenvalue weighted by atomic mass is 79.9. The summed E-state index contributed by atoms with van der Waals surface area (Å²) in [7, 11) is 0. The van der Waals surface area contributed by atoms with E-state index in [0.717, 1.165) is 25.8 Å². The van der Waals surface area contributed by atoms with E-state index in [1.165, 1.54) is 0 Å². The lowest BCUT2D eigenvalue weighted by Gasteiger charge is -2.13. The maximum atomic E-state index is 6.16. The molecule has 0 radical (unpaired) electrons. The average Bonchev–Trinajstić information content (AvgIpc) is 2.39. The van der Waals surface area contributed by atoms with Gasteiger partial charge in [0.2, 0.25) is 0 Å². The van der Waals surface area contributed by atoms with Gasteiger partial charge in [-0.15, -0.1) is 0 Å². The van der Waals surface area contributed by atoms with Crippen molar-refractivity contribution in [1.29, 1.82) is 0 Å². The lowest BCUT2D eigenvalue weighted by molar-refractivity contribution is 0.301. The smallest absolute Gasteiger partial charge is 0.138 e. The van der Waals surface area contributed by atoms with Crippen molar-refractivity contribution < 1.29 is 4.74 Å². The van der Waals surface area contributed by atoms with Gasteiger partial charge in [-0.25, -0.2) is 0 Å². The molecule has 0 saturated heterocycles. The summed E-state index contributed by atoms with van der Waals surface area (Å²) in [5.74, 6) is 0.768. The molecule has 0 saturated carbocycles. The van der Waals surface area contributed by atoms with E-state index in [4.69, 9.17) is 22.1 Å². The topological polar surface area (TPSA) is 35.2 Å². The average molecular weight is 406 g/mol. The molecule has 0 aliphatic carbocycles. The summed E-state index contributed by atoms with van der Waals surface area (Å²) in [4.78, 5) is 0. The Morgan fingerprint density at radius 1 is 1.11 bits per heavy atom. The summed E-state index contributed by atoms with van der Waals surface area (Å²) < 4.78 is 7.68. The zero-order chi connectivity index (χ0) is 13.8. The molecule has 2 N–H and O–H groups in total. The first-order valence-electron chi connectivity index (χ1n) is 5.66. The fraction of sp³-hybridized carbons (Fsp3) is 0.143. The van der Waals surface area contributed by atoms with Crippen LogP contribution in [0.1, 0.15) is 11.1 Å². The van der Waals surface area contributed by atoms with Crippen LogP contribution in [0.25, 0.3) is 0 Å². The van der Waals surface area contributed by atoms with Crippen molar-refractivity contribution in [3.8, 4) is 5.75 Å². The Labute approximate surface area is 134 Å². The van der Waals surface area contributed by atoms with Gasteiger partial charge < -0.3 is 10.5 Å². The molecule has 5 heteroatoms. The summed E-state index contributed by atoms with van der Waals surface area (Å²) in [5, 5.41) is 0.677. The highest BCUT2D eigenvalue weighted by molar-refractivity contribution is 9.10. The molecule has 0 aromatic heterocycles. The zero-order valence-electron chi connectivity index (χ0n) is 10.00. The number of hydrogen-bond acceptors (Lipinski definition) is 2. The second-order valence-corrected chi connectivity index (χ2v) is 6.13. The van der Waals surface area contributed by atoms with Crippen LogP contribution in [0, 0.1) is 0 Å². The van der Waals surface area contributed by atoms with Gasteiger partial charge in [-0.1, -0.05) is 45.7 Å². The standard InChI is InChI=1S/C14H12Br2ClNO/c15-11-5-4-10(13(17)6-11)8-19-14-9(7-18)2-1-3-12(14)16/h1-6H,7-8,18H2. The van der Waals surface area contributed by atoms with Crippen LogP contribution in [0.5, 0.6) is 5.75 Å². The molecule has 0 spiro atoms. The first-order valence-corrected chi connectivity index (χ1v) is 7.62. The minimum Gasteiger partial charge on any atom is -0.487 e. The van der Waals surface area contributed by atoms with Crippen LogP contribution >= 0.6 is 43.5 Å². The second kappa shape index (κ2) is 6.75. The Balaban J connectivity index is 2.19. The van der Waals surface area contributed by atoms with Crippen LogP contribution in [-0.4, -0.2) is 0 Å². The molecular formula is C14H12Br2ClNO. The fourth-order valence-electron chi connectivity index (χ4n) is 1.66. The van der Waals surface area contributed by atoms with Gasteiger partial charge in [0.15, 0.2) is 0 Å². The van der Waals surface area contributed by atoms with Gasteiger partial charge in [0.05, 0.1) is 4.47 Å². The second-order valence-electron chi connectivity index (χ2n) is 3.96. The Morgan fingerprint density at radius 2 is 1.89 bits per heavy atom. The third kappa shape index (κ3) is 3.72.